The second kappa shape index (κ2) is 8.82. The molecule has 0 saturated carbocycles. The molecule has 0 aromatic heterocycles. The van der Waals surface area contributed by atoms with Crippen LogP contribution in [0.1, 0.15) is 12.0 Å². The van der Waals surface area contributed by atoms with Gasteiger partial charge in [0.1, 0.15) is 16.4 Å². The van der Waals surface area contributed by atoms with E-state index in [9.17, 15) is 8.42 Å². The van der Waals surface area contributed by atoms with E-state index in [2.05, 4.69) is 6.58 Å². The standard InChI is InChI=1S/C18H21NO4S2/c1-14-11-16(22-9-6-10-24-15(2)19)13-17(12-14)23-25(20,21)18-7-4-3-5-8-18/h3-5,7-8,11-13H,2,6,9-10,19H2,1H3. The fraction of sp³-hybridized carbons (Fsp3) is 0.222. The Morgan fingerprint density at radius 2 is 1.84 bits per heavy atom. The highest BCUT2D eigenvalue weighted by Gasteiger charge is 2.16. The van der Waals surface area contributed by atoms with E-state index >= 15 is 0 Å². The maximum atomic E-state index is 12.3. The van der Waals surface area contributed by atoms with Gasteiger partial charge in [-0.25, -0.2) is 0 Å². The summed E-state index contributed by atoms with van der Waals surface area (Å²) >= 11 is 1.48. The Labute approximate surface area is 153 Å². The third-order valence-electron chi connectivity index (χ3n) is 3.11. The first-order chi connectivity index (χ1) is 11.9. The van der Waals surface area contributed by atoms with Crippen molar-refractivity contribution in [3.05, 3.63) is 65.7 Å². The van der Waals surface area contributed by atoms with Crippen LogP contribution in [-0.4, -0.2) is 20.8 Å². The molecule has 2 rings (SSSR count). The van der Waals surface area contributed by atoms with Gasteiger partial charge in [0, 0.05) is 11.8 Å². The monoisotopic (exact) mass is 379 g/mol. The molecule has 0 heterocycles. The van der Waals surface area contributed by atoms with Crippen molar-refractivity contribution < 1.29 is 17.3 Å². The maximum Gasteiger partial charge on any atom is 0.339 e. The van der Waals surface area contributed by atoms with E-state index in [-0.39, 0.29) is 10.6 Å². The van der Waals surface area contributed by atoms with Gasteiger partial charge in [-0.15, -0.1) is 11.8 Å². The minimum Gasteiger partial charge on any atom is -0.493 e. The van der Waals surface area contributed by atoms with Gasteiger partial charge in [-0.1, -0.05) is 24.8 Å². The highest BCUT2D eigenvalue weighted by atomic mass is 32.2. The summed E-state index contributed by atoms with van der Waals surface area (Å²) in [5.41, 5.74) is 6.33. The zero-order valence-electron chi connectivity index (χ0n) is 14.0. The first-order valence-electron chi connectivity index (χ1n) is 7.68. The van der Waals surface area contributed by atoms with Gasteiger partial charge >= 0.3 is 10.1 Å². The molecule has 0 aliphatic heterocycles. The van der Waals surface area contributed by atoms with Crippen molar-refractivity contribution in [2.45, 2.75) is 18.2 Å². The van der Waals surface area contributed by atoms with Crippen LogP contribution in [0.5, 0.6) is 11.5 Å². The third-order valence-corrected chi connectivity index (χ3v) is 5.23. The molecule has 0 atom stereocenters. The summed E-state index contributed by atoms with van der Waals surface area (Å²) in [4.78, 5) is 0.109. The van der Waals surface area contributed by atoms with Crippen molar-refractivity contribution in [3.63, 3.8) is 0 Å². The topological polar surface area (TPSA) is 78.6 Å². The zero-order chi connectivity index (χ0) is 18.3. The van der Waals surface area contributed by atoms with Gasteiger partial charge in [0.05, 0.1) is 11.6 Å². The summed E-state index contributed by atoms with van der Waals surface area (Å²) in [5, 5.41) is 0.581. The van der Waals surface area contributed by atoms with Gasteiger partial charge in [-0.05, 0) is 43.2 Å². The Morgan fingerprint density at radius 3 is 2.52 bits per heavy atom. The minimum absolute atomic E-state index is 0.109. The van der Waals surface area contributed by atoms with Crippen LogP contribution in [0.3, 0.4) is 0 Å². The summed E-state index contributed by atoms with van der Waals surface area (Å²) in [6, 6.07) is 13.1. The summed E-state index contributed by atoms with van der Waals surface area (Å²) < 4.78 is 35.5. The lowest BCUT2D eigenvalue weighted by molar-refractivity contribution is 0.317. The minimum atomic E-state index is -3.87. The van der Waals surface area contributed by atoms with Crippen molar-refractivity contribution in [2.24, 2.45) is 5.73 Å². The molecule has 5 nitrogen and oxygen atoms in total. The van der Waals surface area contributed by atoms with Crippen molar-refractivity contribution in [1.82, 2.24) is 0 Å². The molecule has 0 radical (unpaired) electrons. The molecule has 0 bridgehead atoms. The zero-order valence-corrected chi connectivity index (χ0v) is 15.6. The highest BCUT2D eigenvalue weighted by Crippen LogP contribution is 2.26. The van der Waals surface area contributed by atoms with E-state index in [1.54, 1.807) is 30.3 Å². The van der Waals surface area contributed by atoms with Gasteiger partial charge in [0.2, 0.25) is 0 Å². The van der Waals surface area contributed by atoms with Gasteiger partial charge in [-0.3, -0.25) is 0 Å². The molecule has 2 aromatic rings. The number of hydrogen-bond donors (Lipinski definition) is 1. The Bertz CT molecular complexity index is 820. The molecular weight excluding hydrogens is 358 g/mol. The highest BCUT2D eigenvalue weighted by molar-refractivity contribution is 8.02. The van der Waals surface area contributed by atoms with Crippen molar-refractivity contribution in [2.75, 3.05) is 12.4 Å². The molecule has 0 aliphatic carbocycles. The Balaban J connectivity index is 2.02. The molecule has 0 amide bonds. The Morgan fingerprint density at radius 1 is 1.16 bits per heavy atom. The van der Waals surface area contributed by atoms with Crippen LogP contribution in [0.15, 0.2) is 65.0 Å². The van der Waals surface area contributed by atoms with Gasteiger partial charge in [-0.2, -0.15) is 8.42 Å². The predicted octanol–water partition coefficient (Wildman–Crippen LogP) is 3.69. The number of thioether (sulfide) groups is 1. The van der Waals surface area contributed by atoms with Crippen LogP contribution in [0.2, 0.25) is 0 Å². The van der Waals surface area contributed by atoms with E-state index in [1.165, 1.54) is 23.9 Å². The van der Waals surface area contributed by atoms with Crippen LogP contribution < -0.4 is 14.7 Å². The van der Waals surface area contributed by atoms with Gasteiger partial charge in [0.15, 0.2) is 0 Å². The molecule has 134 valence electrons. The smallest absolute Gasteiger partial charge is 0.339 e. The van der Waals surface area contributed by atoms with E-state index in [1.807, 2.05) is 13.0 Å². The van der Waals surface area contributed by atoms with Gasteiger partial charge in [0.25, 0.3) is 0 Å². The summed E-state index contributed by atoms with van der Waals surface area (Å²) in [7, 11) is -3.87. The van der Waals surface area contributed by atoms with Crippen LogP contribution in [0, 0.1) is 6.92 Å². The van der Waals surface area contributed by atoms with Gasteiger partial charge < -0.3 is 14.7 Å². The van der Waals surface area contributed by atoms with Crippen LogP contribution in [0.25, 0.3) is 0 Å². The largest absolute Gasteiger partial charge is 0.493 e. The molecule has 0 saturated heterocycles. The second-order valence-corrected chi connectivity index (χ2v) is 8.12. The fourth-order valence-electron chi connectivity index (χ4n) is 2.06. The van der Waals surface area contributed by atoms with E-state index in [0.717, 1.165) is 17.7 Å². The van der Waals surface area contributed by atoms with Crippen LogP contribution in [0.4, 0.5) is 0 Å². The molecular formula is C18H21NO4S2. The van der Waals surface area contributed by atoms with E-state index in [4.69, 9.17) is 14.7 Å². The Kier molecular flexibility index (Phi) is 6.78. The average molecular weight is 380 g/mol. The Hall–Kier alpha value is -2.12. The fourth-order valence-corrected chi connectivity index (χ4v) is 3.52. The van der Waals surface area contributed by atoms with Crippen molar-refractivity contribution >= 4 is 21.9 Å². The molecule has 0 unspecified atom stereocenters. The van der Waals surface area contributed by atoms with E-state index < -0.39 is 10.1 Å². The summed E-state index contributed by atoms with van der Waals surface area (Å²) in [6.07, 6.45) is 0.799. The number of rotatable bonds is 9. The molecule has 0 spiro atoms. The predicted molar refractivity (Wildman–Crippen MR) is 101 cm³/mol. The third kappa shape index (κ3) is 6.36. The van der Waals surface area contributed by atoms with Crippen molar-refractivity contribution in [1.29, 1.82) is 0 Å². The molecule has 0 fully saturated rings. The van der Waals surface area contributed by atoms with Crippen molar-refractivity contribution in [3.8, 4) is 11.5 Å². The lowest BCUT2D eigenvalue weighted by atomic mass is 10.2. The van der Waals surface area contributed by atoms with E-state index in [0.29, 0.717) is 17.4 Å². The molecule has 25 heavy (non-hydrogen) atoms. The number of benzene rings is 2. The first-order valence-corrected chi connectivity index (χ1v) is 10.1. The SMILES string of the molecule is C=C(N)SCCCOc1cc(C)cc(OS(=O)(=O)c2ccccc2)c1. The quantitative estimate of drug-likeness (QED) is 0.529. The summed E-state index contributed by atoms with van der Waals surface area (Å²) in [5.74, 6) is 1.60. The molecule has 2 N–H and O–H groups in total. The molecule has 0 aliphatic rings. The number of aryl methyl sites for hydroxylation is 1. The number of hydrogen-bond acceptors (Lipinski definition) is 6. The number of ether oxygens (including phenoxy) is 1. The number of nitrogens with two attached hydrogens (primary N) is 1. The van der Waals surface area contributed by atoms with Crippen LogP contribution >= 0.6 is 11.8 Å². The molecule has 7 heteroatoms. The maximum absolute atomic E-state index is 12.3. The molecule has 2 aromatic carbocycles. The normalized spacial score (nSPS) is 11.1. The second-order valence-electron chi connectivity index (χ2n) is 5.35. The lowest BCUT2D eigenvalue weighted by Crippen LogP contribution is -2.10. The first kappa shape index (κ1) is 19.2. The lowest BCUT2D eigenvalue weighted by Gasteiger charge is -2.11. The summed E-state index contributed by atoms with van der Waals surface area (Å²) in [6.45, 7) is 5.96. The van der Waals surface area contributed by atoms with Crippen LogP contribution in [-0.2, 0) is 10.1 Å². The average Bonchev–Trinajstić information content (AvgIpc) is 2.54.